The van der Waals surface area contributed by atoms with E-state index in [4.69, 9.17) is 4.74 Å². The first-order chi connectivity index (χ1) is 10.8. The highest BCUT2D eigenvalue weighted by molar-refractivity contribution is 5.75. The highest BCUT2D eigenvalue weighted by Gasteiger charge is 2.17. The van der Waals surface area contributed by atoms with E-state index >= 15 is 0 Å². The Morgan fingerprint density at radius 2 is 2.05 bits per heavy atom. The molecule has 1 aromatic heterocycles. The predicted octanol–water partition coefficient (Wildman–Crippen LogP) is 3.31. The molecule has 0 amide bonds. The first kappa shape index (κ1) is 15.5. The Kier molecular flexibility index (Phi) is 5.11. The second-order valence-corrected chi connectivity index (χ2v) is 6.23. The number of ether oxygens (including phenoxy) is 1. The van der Waals surface area contributed by atoms with Crippen molar-refractivity contribution in [1.29, 1.82) is 0 Å². The van der Waals surface area contributed by atoms with Gasteiger partial charge in [-0.3, -0.25) is 0 Å². The highest BCUT2D eigenvalue weighted by Crippen LogP contribution is 2.21. The third-order valence-corrected chi connectivity index (χ3v) is 4.52. The van der Waals surface area contributed by atoms with Gasteiger partial charge in [0, 0.05) is 6.42 Å². The molecule has 4 nitrogen and oxygen atoms in total. The number of nitrogens with zero attached hydrogens (tertiary/aromatic N) is 2. The molecule has 1 aliphatic carbocycles. The molecular weight excluding hydrogens is 276 g/mol. The van der Waals surface area contributed by atoms with Crippen LogP contribution < -0.4 is 0 Å². The molecule has 1 aliphatic rings. The molecule has 0 spiro atoms. The van der Waals surface area contributed by atoms with E-state index in [1.807, 2.05) is 18.2 Å². The summed E-state index contributed by atoms with van der Waals surface area (Å²) in [5.74, 6) is 1.03. The molecule has 0 unspecified atom stereocenters. The van der Waals surface area contributed by atoms with Crippen LogP contribution in [0.2, 0.25) is 0 Å². The van der Waals surface area contributed by atoms with Crippen LogP contribution in [0.4, 0.5) is 0 Å². The smallest absolute Gasteiger partial charge is 0.109 e. The molecule has 0 aliphatic heterocycles. The highest BCUT2D eigenvalue weighted by atomic mass is 16.5. The zero-order valence-corrected chi connectivity index (χ0v) is 13.4. The van der Waals surface area contributed by atoms with E-state index in [9.17, 15) is 5.11 Å². The van der Waals surface area contributed by atoms with Gasteiger partial charge in [-0.1, -0.05) is 38.3 Å². The normalized spacial score (nSPS) is 17.9. The number of hydrogen-bond acceptors (Lipinski definition) is 3. The van der Waals surface area contributed by atoms with Gasteiger partial charge >= 0.3 is 0 Å². The molecule has 2 aromatic rings. The Morgan fingerprint density at radius 3 is 2.82 bits per heavy atom. The third-order valence-electron chi connectivity index (χ3n) is 4.52. The topological polar surface area (TPSA) is 47.3 Å². The Morgan fingerprint density at radius 1 is 1.27 bits per heavy atom. The van der Waals surface area contributed by atoms with E-state index in [1.165, 1.54) is 19.3 Å². The number of aliphatic hydroxyl groups is 1. The van der Waals surface area contributed by atoms with E-state index in [1.54, 1.807) is 0 Å². The van der Waals surface area contributed by atoms with Crippen LogP contribution in [-0.4, -0.2) is 33.5 Å². The van der Waals surface area contributed by atoms with Crippen molar-refractivity contribution >= 4 is 11.0 Å². The lowest BCUT2D eigenvalue weighted by atomic mass is 9.98. The lowest BCUT2D eigenvalue weighted by Crippen LogP contribution is -2.27. The van der Waals surface area contributed by atoms with E-state index in [0.29, 0.717) is 19.3 Å². The minimum absolute atomic E-state index is 0.341. The predicted molar refractivity (Wildman–Crippen MR) is 87.9 cm³/mol. The van der Waals surface area contributed by atoms with Crippen LogP contribution in [0.1, 0.15) is 44.9 Å². The maximum absolute atomic E-state index is 10.4. The zero-order valence-electron chi connectivity index (χ0n) is 13.4. The second kappa shape index (κ2) is 7.25. The fourth-order valence-electron chi connectivity index (χ4n) is 3.34. The molecule has 3 rings (SSSR count). The van der Waals surface area contributed by atoms with Crippen molar-refractivity contribution in [2.24, 2.45) is 0 Å². The molecule has 1 saturated carbocycles. The van der Waals surface area contributed by atoms with Gasteiger partial charge < -0.3 is 14.4 Å². The monoisotopic (exact) mass is 302 g/mol. The summed E-state index contributed by atoms with van der Waals surface area (Å²) in [5.41, 5.74) is 2.09. The Hall–Kier alpha value is -1.39. The Labute approximate surface area is 132 Å². The fourth-order valence-corrected chi connectivity index (χ4v) is 3.34. The lowest BCUT2D eigenvalue weighted by Gasteiger charge is -2.23. The maximum Gasteiger partial charge on any atom is 0.109 e. The molecule has 0 radical (unpaired) electrons. The van der Waals surface area contributed by atoms with Crippen LogP contribution in [0, 0.1) is 0 Å². The van der Waals surface area contributed by atoms with Gasteiger partial charge in [-0.2, -0.15) is 0 Å². The average molecular weight is 302 g/mol. The summed E-state index contributed by atoms with van der Waals surface area (Å²) in [6, 6.07) is 8.11. The van der Waals surface area contributed by atoms with E-state index in [-0.39, 0.29) is 0 Å². The minimum atomic E-state index is -0.482. The summed E-state index contributed by atoms with van der Waals surface area (Å²) >= 11 is 0. The molecule has 0 bridgehead atoms. The third kappa shape index (κ3) is 3.50. The summed E-state index contributed by atoms with van der Waals surface area (Å²) in [6.45, 7) is 3.07. The number of benzene rings is 1. The van der Waals surface area contributed by atoms with Crippen LogP contribution in [0.5, 0.6) is 0 Å². The van der Waals surface area contributed by atoms with E-state index in [0.717, 1.165) is 36.1 Å². The standard InChI is InChI=1S/C18H26N2O2/c1-2-18-19-16-10-6-7-11-17(16)20(18)12-14(21)13-22-15-8-4-3-5-9-15/h6-7,10-11,14-15,21H,2-5,8-9,12-13H2,1H3/t14-/m1/s1. The number of para-hydroxylation sites is 2. The van der Waals surface area contributed by atoms with Crippen molar-refractivity contribution in [3.63, 3.8) is 0 Å². The summed E-state index contributed by atoms with van der Waals surface area (Å²) in [6.07, 6.45) is 6.84. The molecule has 1 N–H and O–H groups in total. The molecule has 4 heteroatoms. The van der Waals surface area contributed by atoms with Crippen molar-refractivity contribution < 1.29 is 9.84 Å². The fraction of sp³-hybridized carbons (Fsp3) is 0.611. The Balaban J connectivity index is 1.64. The van der Waals surface area contributed by atoms with Crippen LogP contribution in [0.15, 0.2) is 24.3 Å². The van der Waals surface area contributed by atoms with Gasteiger partial charge in [-0.05, 0) is 25.0 Å². The van der Waals surface area contributed by atoms with Crippen molar-refractivity contribution in [2.45, 2.75) is 64.2 Å². The number of fused-ring (bicyclic) bond motifs is 1. The maximum atomic E-state index is 10.4. The van der Waals surface area contributed by atoms with Gasteiger partial charge in [0.2, 0.25) is 0 Å². The van der Waals surface area contributed by atoms with E-state index in [2.05, 4.69) is 22.5 Å². The molecule has 1 atom stereocenters. The second-order valence-electron chi connectivity index (χ2n) is 6.23. The average Bonchev–Trinajstić information content (AvgIpc) is 2.92. The molecule has 1 fully saturated rings. The number of rotatable bonds is 6. The zero-order chi connectivity index (χ0) is 15.4. The number of aliphatic hydroxyl groups excluding tert-OH is 1. The van der Waals surface area contributed by atoms with Gasteiger partial charge in [0.15, 0.2) is 0 Å². The number of hydrogen-bond donors (Lipinski definition) is 1. The van der Waals surface area contributed by atoms with Crippen molar-refractivity contribution in [1.82, 2.24) is 9.55 Å². The van der Waals surface area contributed by atoms with Gasteiger partial charge in [0.1, 0.15) is 5.82 Å². The van der Waals surface area contributed by atoms with Crippen LogP contribution in [0.3, 0.4) is 0 Å². The quantitative estimate of drug-likeness (QED) is 0.890. The molecule has 1 aromatic carbocycles. The van der Waals surface area contributed by atoms with Gasteiger partial charge in [-0.25, -0.2) is 4.98 Å². The lowest BCUT2D eigenvalue weighted by molar-refractivity contribution is -0.0282. The first-order valence-corrected chi connectivity index (χ1v) is 8.51. The first-order valence-electron chi connectivity index (χ1n) is 8.51. The van der Waals surface area contributed by atoms with Crippen molar-refractivity contribution in [2.75, 3.05) is 6.61 Å². The Bertz CT molecular complexity index is 602. The summed E-state index contributed by atoms with van der Waals surface area (Å²) in [5, 5.41) is 10.4. The van der Waals surface area contributed by atoms with Gasteiger partial charge in [-0.15, -0.1) is 0 Å². The summed E-state index contributed by atoms with van der Waals surface area (Å²) < 4.78 is 8.02. The van der Waals surface area contributed by atoms with Crippen LogP contribution in [-0.2, 0) is 17.7 Å². The van der Waals surface area contributed by atoms with Crippen LogP contribution >= 0.6 is 0 Å². The largest absolute Gasteiger partial charge is 0.389 e. The number of aryl methyl sites for hydroxylation is 1. The number of imidazole rings is 1. The minimum Gasteiger partial charge on any atom is -0.389 e. The summed E-state index contributed by atoms with van der Waals surface area (Å²) in [4.78, 5) is 4.65. The molecule has 120 valence electrons. The summed E-state index contributed by atoms with van der Waals surface area (Å²) in [7, 11) is 0. The van der Waals surface area contributed by atoms with Crippen molar-refractivity contribution in [3.8, 4) is 0 Å². The van der Waals surface area contributed by atoms with Gasteiger partial charge in [0.25, 0.3) is 0 Å². The van der Waals surface area contributed by atoms with Crippen LogP contribution in [0.25, 0.3) is 11.0 Å². The molecule has 22 heavy (non-hydrogen) atoms. The SMILES string of the molecule is CCc1nc2ccccc2n1C[C@@H](O)COC1CCCCC1. The molecule has 1 heterocycles. The van der Waals surface area contributed by atoms with E-state index < -0.39 is 6.10 Å². The van der Waals surface area contributed by atoms with Gasteiger partial charge in [0.05, 0.1) is 36.4 Å². The number of aromatic nitrogens is 2. The molecular formula is C18H26N2O2. The van der Waals surface area contributed by atoms with Crippen molar-refractivity contribution in [3.05, 3.63) is 30.1 Å². The molecule has 0 saturated heterocycles.